The van der Waals surface area contributed by atoms with Crippen LogP contribution in [-0.2, 0) is 6.54 Å². The van der Waals surface area contributed by atoms with Crippen LogP contribution < -0.4 is 4.90 Å². The second kappa shape index (κ2) is 4.05. The largest absolute Gasteiger partial charge is 0.346 e. The second-order valence-corrected chi connectivity index (χ2v) is 5.97. The summed E-state index contributed by atoms with van der Waals surface area (Å²) in [5.74, 6) is 2.46. The van der Waals surface area contributed by atoms with Crippen molar-refractivity contribution in [2.45, 2.75) is 25.3 Å². The van der Waals surface area contributed by atoms with Gasteiger partial charge in [0.15, 0.2) is 0 Å². The number of rotatable bonds is 4. The van der Waals surface area contributed by atoms with Gasteiger partial charge in [-0.2, -0.15) is 4.37 Å². The highest BCUT2D eigenvalue weighted by atomic mass is 32.1. The zero-order valence-corrected chi connectivity index (χ0v) is 10.9. The van der Waals surface area contributed by atoms with Gasteiger partial charge in [0, 0.05) is 55.4 Å². The molecule has 0 aromatic carbocycles. The van der Waals surface area contributed by atoms with Crippen molar-refractivity contribution in [3.05, 3.63) is 24.5 Å². The van der Waals surface area contributed by atoms with Gasteiger partial charge in [0.2, 0.25) is 5.13 Å². The van der Waals surface area contributed by atoms with Crippen molar-refractivity contribution < 1.29 is 0 Å². The van der Waals surface area contributed by atoms with Crippen molar-refractivity contribution in [3.8, 4) is 0 Å². The minimum Gasteiger partial charge on any atom is -0.346 e. The minimum absolute atomic E-state index is 0.665. The summed E-state index contributed by atoms with van der Waals surface area (Å²) in [5, 5.41) is 1.11. The molecule has 18 heavy (non-hydrogen) atoms. The van der Waals surface area contributed by atoms with E-state index in [2.05, 4.69) is 23.8 Å². The molecular formula is C12H15N5S. The van der Waals surface area contributed by atoms with E-state index in [0.29, 0.717) is 11.8 Å². The monoisotopic (exact) mass is 261 g/mol. The standard InChI is InChI=1S/C12H15N5S/c1-2-10(1)11-14-12(18-15-11)17-6-9(7-17)5-16-4-3-13-8-16/h3-4,8-10H,1-2,5-7H2. The lowest BCUT2D eigenvalue weighted by molar-refractivity contribution is 0.357. The maximum absolute atomic E-state index is 4.64. The van der Waals surface area contributed by atoms with Crippen LogP contribution in [0.1, 0.15) is 24.6 Å². The summed E-state index contributed by atoms with van der Waals surface area (Å²) in [4.78, 5) is 11.0. The molecule has 4 rings (SSSR count). The van der Waals surface area contributed by atoms with Gasteiger partial charge in [-0.05, 0) is 12.8 Å². The number of nitrogens with zero attached hydrogens (tertiary/aromatic N) is 5. The molecule has 0 radical (unpaired) electrons. The molecule has 2 aromatic rings. The molecule has 2 fully saturated rings. The Bertz CT molecular complexity index is 524. The van der Waals surface area contributed by atoms with Gasteiger partial charge >= 0.3 is 0 Å². The Morgan fingerprint density at radius 2 is 2.22 bits per heavy atom. The number of hydrogen-bond acceptors (Lipinski definition) is 5. The lowest BCUT2D eigenvalue weighted by Crippen LogP contribution is -2.48. The molecule has 2 aliphatic rings. The zero-order valence-electron chi connectivity index (χ0n) is 10.1. The summed E-state index contributed by atoms with van der Waals surface area (Å²) in [6.45, 7) is 3.25. The topological polar surface area (TPSA) is 46.8 Å². The first-order valence-corrected chi connectivity index (χ1v) is 7.20. The molecule has 0 atom stereocenters. The average Bonchev–Trinajstić information content (AvgIpc) is 2.87. The molecule has 0 spiro atoms. The van der Waals surface area contributed by atoms with E-state index >= 15 is 0 Å². The van der Waals surface area contributed by atoms with Gasteiger partial charge in [0.05, 0.1) is 6.33 Å². The molecule has 6 heteroatoms. The second-order valence-electron chi connectivity index (χ2n) is 5.24. The number of imidazole rings is 1. The van der Waals surface area contributed by atoms with Crippen LogP contribution in [-0.4, -0.2) is 32.0 Å². The van der Waals surface area contributed by atoms with Crippen molar-refractivity contribution in [2.24, 2.45) is 5.92 Å². The highest BCUT2D eigenvalue weighted by molar-refractivity contribution is 7.09. The van der Waals surface area contributed by atoms with Gasteiger partial charge in [-0.15, -0.1) is 0 Å². The molecule has 1 saturated carbocycles. The van der Waals surface area contributed by atoms with Gasteiger partial charge in [-0.3, -0.25) is 0 Å². The van der Waals surface area contributed by atoms with E-state index in [4.69, 9.17) is 0 Å². The fraction of sp³-hybridized carbons (Fsp3) is 0.583. The summed E-state index contributed by atoms with van der Waals surface area (Å²) in [6, 6.07) is 0. The molecule has 1 aliphatic heterocycles. The molecule has 94 valence electrons. The molecule has 0 bridgehead atoms. The fourth-order valence-corrected chi connectivity index (χ4v) is 3.16. The molecule has 0 N–H and O–H groups in total. The van der Waals surface area contributed by atoms with Crippen molar-refractivity contribution in [1.82, 2.24) is 18.9 Å². The number of aromatic nitrogens is 4. The van der Waals surface area contributed by atoms with Crippen molar-refractivity contribution >= 4 is 16.7 Å². The smallest absolute Gasteiger partial charge is 0.205 e. The van der Waals surface area contributed by atoms with Crippen LogP contribution in [0, 0.1) is 5.92 Å². The molecule has 5 nitrogen and oxygen atoms in total. The van der Waals surface area contributed by atoms with E-state index in [1.165, 1.54) is 12.8 Å². The van der Waals surface area contributed by atoms with E-state index in [9.17, 15) is 0 Å². The highest BCUT2D eigenvalue weighted by Gasteiger charge is 2.32. The van der Waals surface area contributed by atoms with Crippen LogP contribution in [0.3, 0.4) is 0 Å². The van der Waals surface area contributed by atoms with Gasteiger partial charge < -0.3 is 9.47 Å². The van der Waals surface area contributed by atoms with Gasteiger partial charge in [-0.25, -0.2) is 9.97 Å². The summed E-state index contributed by atoms with van der Waals surface area (Å²) in [5.41, 5.74) is 0. The van der Waals surface area contributed by atoms with Crippen LogP contribution in [0.25, 0.3) is 0 Å². The van der Waals surface area contributed by atoms with E-state index in [1.807, 2.05) is 18.7 Å². The van der Waals surface area contributed by atoms with E-state index < -0.39 is 0 Å². The molecule has 0 unspecified atom stereocenters. The lowest BCUT2D eigenvalue weighted by atomic mass is 10.0. The van der Waals surface area contributed by atoms with Crippen molar-refractivity contribution in [3.63, 3.8) is 0 Å². The molecule has 1 aliphatic carbocycles. The molecule has 3 heterocycles. The molecule has 0 amide bonds. The van der Waals surface area contributed by atoms with Crippen LogP contribution in [0.15, 0.2) is 18.7 Å². The third-order valence-corrected chi connectivity index (χ3v) is 4.42. The number of hydrogen-bond donors (Lipinski definition) is 0. The van der Waals surface area contributed by atoms with Crippen LogP contribution in [0.5, 0.6) is 0 Å². The average molecular weight is 261 g/mol. The van der Waals surface area contributed by atoms with Gasteiger partial charge in [0.25, 0.3) is 0 Å². The third-order valence-electron chi connectivity index (χ3n) is 3.63. The molecule has 2 aromatic heterocycles. The first kappa shape index (κ1) is 10.5. The fourth-order valence-electron chi connectivity index (χ4n) is 2.40. The number of anilines is 1. The summed E-state index contributed by atoms with van der Waals surface area (Å²) in [7, 11) is 0. The maximum atomic E-state index is 4.64. The summed E-state index contributed by atoms with van der Waals surface area (Å²) < 4.78 is 6.61. The first-order valence-electron chi connectivity index (χ1n) is 6.43. The van der Waals surface area contributed by atoms with E-state index in [-0.39, 0.29) is 0 Å². The van der Waals surface area contributed by atoms with E-state index in [1.54, 1.807) is 11.5 Å². The Labute approximate surface area is 110 Å². The van der Waals surface area contributed by atoms with Gasteiger partial charge in [-0.1, -0.05) is 0 Å². The Kier molecular flexibility index (Phi) is 2.36. The maximum Gasteiger partial charge on any atom is 0.205 e. The van der Waals surface area contributed by atoms with Gasteiger partial charge in [0.1, 0.15) is 5.82 Å². The summed E-state index contributed by atoms with van der Waals surface area (Å²) >= 11 is 1.56. The van der Waals surface area contributed by atoms with Crippen LogP contribution >= 0.6 is 11.5 Å². The minimum atomic E-state index is 0.665. The Morgan fingerprint density at radius 3 is 2.94 bits per heavy atom. The Morgan fingerprint density at radius 1 is 1.33 bits per heavy atom. The Hall–Kier alpha value is -1.43. The summed E-state index contributed by atoms with van der Waals surface area (Å²) in [6.07, 6.45) is 8.31. The van der Waals surface area contributed by atoms with Crippen LogP contribution in [0.4, 0.5) is 5.13 Å². The van der Waals surface area contributed by atoms with Crippen LogP contribution in [0.2, 0.25) is 0 Å². The highest BCUT2D eigenvalue weighted by Crippen LogP contribution is 2.40. The zero-order chi connectivity index (χ0) is 11.9. The molecule has 1 saturated heterocycles. The van der Waals surface area contributed by atoms with Crippen molar-refractivity contribution in [2.75, 3.05) is 18.0 Å². The van der Waals surface area contributed by atoms with Crippen molar-refractivity contribution in [1.29, 1.82) is 0 Å². The first-order chi connectivity index (χ1) is 8.88. The quantitative estimate of drug-likeness (QED) is 0.841. The predicted octanol–water partition coefficient (Wildman–Crippen LogP) is 1.75. The SMILES string of the molecule is c1cn(CC2CN(c3nc(C4CC4)ns3)C2)cn1. The normalized spacial score (nSPS) is 20.1. The predicted molar refractivity (Wildman–Crippen MR) is 69.8 cm³/mol. The van der Waals surface area contributed by atoms with E-state index in [0.717, 1.165) is 30.6 Å². The Balaban J connectivity index is 1.35. The lowest BCUT2D eigenvalue weighted by Gasteiger charge is -2.38. The third kappa shape index (κ3) is 1.90. The molecular weight excluding hydrogens is 246 g/mol.